The van der Waals surface area contributed by atoms with Crippen molar-refractivity contribution in [2.24, 2.45) is 5.92 Å². The van der Waals surface area contributed by atoms with Gasteiger partial charge in [-0.2, -0.15) is 9.40 Å². The van der Waals surface area contributed by atoms with Crippen molar-refractivity contribution >= 4 is 43.2 Å². The average Bonchev–Trinajstić information content (AvgIpc) is 3.27. The molecule has 12 heteroatoms. The number of anilines is 1. The Hall–Kier alpha value is -3.09. The Morgan fingerprint density at radius 3 is 2.38 bits per heavy atom. The molecule has 0 atom stereocenters. The molecule has 0 saturated carbocycles. The Morgan fingerprint density at radius 2 is 1.76 bits per heavy atom. The van der Waals surface area contributed by atoms with E-state index in [-0.39, 0.29) is 35.5 Å². The normalized spacial score (nSPS) is 15.2. The molecule has 2 aromatic carbocycles. The number of hydrogen-bond acceptors (Lipinski definition) is 6. The summed E-state index contributed by atoms with van der Waals surface area (Å²) in [5, 5.41) is 17.9. The fraction of sp³-hybridized carbons (Fsp3) is 0.273. The number of sulfonamides is 1. The van der Waals surface area contributed by atoms with Gasteiger partial charge in [-0.1, -0.05) is 28.1 Å². The van der Waals surface area contributed by atoms with E-state index >= 15 is 0 Å². The minimum Gasteiger partial charge on any atom is -0.323 e. The van der Waals surface area contributed by atoms with Crippen LogP contribution in [0.3, 0.4) is 0 Å². The van der Waals surface area contributed by atoms with Crippen LogP contribution in [0.5, 0.6) is 0 Å². The zero-order valence-electron chi connectivity index (χ0n) is 18.0. The van der Waals surface area contributed by atoms with Crippen LogP contribution in [0.2, 0.25) is 0 Å². The van der Waals surface area contributed by atoms with E-state index in [1.165, 1.54) is 28.6 Å². The fourth-order valence-corrected chi connectivity index (χ4v) is 5.52. The molecule has 1 fully saturated rings. The Kier molecular flexibility index (Phi) is 7.10. The van der Waals surface area contributed by atoms with Crippen molar-refractivity contribution in [3.63, 3.8) is 0 Å². The number of piperidine rings is 1. The first-order valence-electron chi connectivity index (χ1n) is 10.5. The average molecular weight is 548 g/mol. The molecule has 1 aliphatic heterocycles. The van der Waals surface area contributed by atoms with Gasteiger partial charge in [0.2, 0.25) is 15.9 Å². The van der Waals surface area contributed by atoms with Crippen molar-refractivity contribution in [2.45, 2.75) is 24.3 Å². The second kappa shape index (κ2) is 10.0. The van der Waals surface area contributed by atoms with Gasteiger partial charge in [-0.25, -0.2) is 8.42 Å². The number of benzene rings is 2. The van der Waals surface area contributed by atoms with E-state index in [2.05, 4.69) is 26.3 Å². The molecular weight excluding hydrogens is 526 g/mol. The van der Waals surface area contributed by atoms with Crippen molar-refractivity contribution in [3.05, 3.63) is 81.1 Å². The topological polar surface area (TPSA) is 127 Å². The van der Waals surface area contributed by atoms with Crippen LogP contribution >= 0.6 is 15.9 Å². The number of rotatable bonds is 7. The molecule has 3 aromatic rings. The van der Waals surface area contributed by atoms with Gasteiger partial charge in [0.15, 0.2) is 0 Å². The monoisotopic (exact) mass is 547 g/mol. The molecule has 4 rings (SSSR count). The minimum absolute atomic E-state index is 0.000750. The number of amides is 1. The highest BCUT2D eigenvalue weighted by molar-refractivity contribution is 9.10. The number of nitrogens with zero attached hydrogens (tertiary/aromatic N) is 4. The smallest absolute Gasteiger partial charge is 0.269 e. The molecule has 0 unspecified atom stereocenters. The van der Waals surface area contributed by atoms with Crippen molar-refractivity contribution in [2.75, 3.05) is 18.4 Å². The maximum absolute atomic E-state index is 12.8. The van der Waals surface area contributed by atoms with Crippen molar-refractivity contribution in [1.29, 1.82) is 0 Å². The number of aromatic nitrogens is 2. The molecule has 0 radical (unpaired) electrons. The molecule has 10 nitrogen and oxygen atoms in total. The van der Waals surface area contributed by atoms with Gasteiger partial charge < -0.3 is 5.32 Å². The fourth-order valence-electron chi connectivity index (χ4n) is 3.78. The maximum atomic E-state index is 12.8. The Balaban J connectivity index is 1.31. The summed E-state index contributed by atoms with van der Waals surface area (Å²) >= 11 is 3.40. The van der Waals surface area contributed by atoms with E-state index in [9.17, 15) is 23.3 Å². The molecule has 0 spiro atoms. The molecule has 34 heavy (non-hydrogen) atoms. The molecule has 1 N–H and O–H groups in total. The lowest BCUT2D eigenvalue weighted by Gasteiger charge is -2.30. The van der Waals surface area contributed by atoms with Gasteiger partial charge in [0.05, 0.1) is 28.2 Å². The largest absolute Gasteiger partial charge is 0.323 e. The van der Waals surface area contributed by atoms with Gasteiger partial charge in [0.25, 0.3) is 5.69 Å². The first kappa shape index (κ1) is 24.0. The third kappa shape index (κ3) is 5.51. The summed E-state index contributed by atoms with van der Waals surface area (Å²) in [4.78, 5) is 22.9. The zero-order valence-corrected chi connectivity index (χ0v) is 20.4. The van der Waals surface area contributed by atoms with Gasteiger partial charge in [0, 0.05) is 41.8 Å². The molecule has 2 heterocycles. The van der Waals surface area contributed by atoms with Gasteiger partial charge in [0.1, 0.15) is 0 Å². The predicted octanol–water partition coefficient (Wildman–Crippen LogP) is 3.64. The third-order valence-electron chi connectivity index (χ3n) is 5.67. The second-order valence-electron chi connectivity index (χ2n) is 7.97. The highest BCUT2D eigenvalue weighted by Crippen LogP contribution is 2.26. The van der Waals surface area contributed by atoms with E-state index in [0.29, 0.717) is 25.1 Å². The number of halogens is 1. The third-order valence-corrected chi connectivity index (χ3v) is 8.11. The Labute approximate surface area is 204 Å². The van der Waals surface area contributed by atoms with E-state index in [1.807, 2.05) is 24.3 Å². The summed E-state index contributed by atoms with van der Waals surface area (Å²) in [5.74, 6) is -0.492. The van der Waals surface area contributed by atoms with Crippen molar-refractivity contribution in [1.82, 2.24) is 14.1 Å². The number of nitrogens with one attached hydrogen (secondary N) is 1. The quantitative estimate of drug-likeness (QED) is 0.355. The molecule has 1 aliphatic rings. The molecule has 178 valence electrons. The van der Waals surface area contributed by atoms with Gasteiger partial charge >= 0.3 is 0 Å². The van der Waals surface area contributed by atoms with Gasteiger partial charge in [-0.3, -0.25) is 19.6 Å². The number of carbonyl (C=O) groups is 1. The molecule has 0 aliphatic carbocycles. The minimum atomic E-state index is -3.78. The van der Waals surface area contributed by atoms with Gasteiger partial charge in [-0.05, 0) is 42.7 Å². The number of nitro benzene ring substituents is 1. The van der Waals surface area contributed by atoms with Gasteiger partial charge in [-0.15, -0.1) is 0 Å². The standard InChI is InChI=1S/C22H22BrN5O5S/c23-18-3-1-16(2-4-18)14-26-15-19(13-24-26)25-22(29)17-9-11-27(12-10-17)34(32,33)21-7-5-20(6-8-21)28(30)31/h1-8,13,15,17H,9-12,14H2,(H,25,29). The van der Waals surface area contributed by atoms with Crippen LogP contribution in [-0.4, -0.2) is 46.4 Å². The molecule has 1 saturated heterocycles. The number of nitro groups is 1. The van der Waals surface area contributed by atoms with Crippen molar-refractivity contribution in [3.8, 4) is 0 Å². The Bertz CT molecular complexity index is 1280. The summed E-state index contributed by atoms with van der Waals surface area (Å²) < 4.78 is 29.7. The SMILES string of the molecule is O=C(Nc1cnn(Cc2ccc(Br)cc2)c1)C1CCN(S(=O)(=O)c2ccc([N+](=O)[O-])cc2)CC1. The van der Waals surface area contributed by atoms with Crippen LogP contribution in [0.4, 0.5) is 11.4 Å². The summed E-state index contributed by atoms with van der Waals surface area (Å²) in [7, 11) is -3.78. The number of carbonyl (C=O) groups excluding carboxylic acids is 1. The lowest BCUT2D eigenvalue weighted by molar-refractivity contribution is -0.384. The highest BCUT2D eigenvalue weighted by Gasteiger charge is 2.32. The lowest BCUT2D eigenvalue weighted by Crippen LogP contribution is -2.41. The van der Waals surface area contributed by atoms with E-state index in [0.717, 1.165) is 10.0 Å². The maximum Gasteiger partial charge on any atom is 0.269 e. The molecule has 1 aromatic heterocycles. The van der Waals surface area contributed by atoms with Crippen LogP contribution < -0.4 is 5.32 Å². The van der Waals surface area contributed by atoms with Crippen LogP contribution in [0, 0.1) is 16.0 Å². The number of hydrogen-bond donors (Lipinski definition) is 1. The van der Waals surface area contributed by atoms with Crippen LogP contribution in [0.25, 0.3) is 0 Å². The van der Waals surface area contributed by atoms with Crippen molar-refractivity contribution < 1.29 is 18.1 Å². The summed E-state index contributed by atoms with van der Waals surface area (Å²) in [6, 6.07) is 12.7. The van der Waals surface area contributed by atoms with E-state index < -0.39 is 14.9 Å². The molecule has 1 amide bonds. The zero-order chi connectivity index (χ0) is 24.3. The highest BCUT2D eigenvalue weighted by atomic mass is 79.9. The molecular formula is C22H22BrN5O5S. The summed E-state index contributed by atoms with van der Waals surface area (Å²) in [6.45, 7) is 0.961. The second-order valence-corrected chi connectivity index (χ2v) is 10.8. The summed E-state index contributed by atoms with van der Waals surface area (Å²) in [6.07, 6.45) is 4.11. The lowest BCUT2D eigenvalue weighted by atomic mass is 9.97. The summed E-state index contributed by atoms with van der Waals surface area (Å²) in [5.41, 5.74) is 1.49. The first-order chi connectivity index (χ1) is 16.2. The number of non-ortho nitro benzene ring substituents is 1. The van der Waals surface area contributed by atoms with Crippen LogP contribution in [-0.2, 0) is 21.4 Å². The van der Waals surface area contributed by atoms with E-state index in [4.69, 9.17) is 0 Å². The predicted molar refractivity (Wildman–Crippen MR) is 129 cm³/mol. The van der Waals surface area contributed by atoms with E-state index in [1.54, 1.807) is 17.1 Å². The molecule has 0 bridgehead atoms. The van der Waals surface area contributed by atoms with Crippen LogP contribution in [0.15, 0.2) is 70.3 Å². The first-order valence-corrected chi connectivity index (χ1v) is 12.8. The van der Waals surface area contributed by atoms with Crippen LogP contribution in [0.1, 0.15) is 18.4 Å². The Morgan fingerprint density at radius 1 is 1.12 bits per heavy atom.